The summed E-state index contributed by atoms with van der Waals surface area (Å²) in [7, 11) is 0. The molecule has 0 saturated carbocycles. The van der Waals surface area contributed by atoms with E-state index in [0.717, 1.165) is 33.6 Å². The minimum atomic E-state index is -0.382. The third-order valence-electron chi connectivity index (χ3n) is 11.9. The summed E-state index contributed by atoms with van der Waals surface area (Å²) in [4.78, 5) is 10.7. The molecule has 3 heteroatoms. The second kappa shape index (κ2) is 13.3. The monoisotopic (exact) mass is 732 g/mol. The number of benzene rings is 7. The van der Waals surface area contributed by atoms with Gasteiger partial charge in [0.15, 0.2) is 5.82 Å². The number of hydrogen-bond donors (Lipinski definition) is 0. The number of nitrogens with zero attached hydrogens (tertiary/aromatic N) is 2. The molecular weight excluding hydrogens is 697 g/mol. The van der Waals surface area contributed by atoms with Crippen molar-refractivity contribution >= 4 is 31.5 Å². The van der Waals surface area contributed by atoms with Gasteiger partial charge in [0.05, 0.1) is 16.8 Å². The van der Waals surface area contributed by atoms with Crippen LogP contribution in [0.15, 0.2) is 206 Å². The molecule has 0 fully saturated rings. The lowest BCUT2D eigenvalue weighted by Crippen LogP contribution is -2.35. The van der Waals surface area contributed by atoms with Gasteiger partial charge in [-0.1, -0.05) is 182 Å². The molecule has 0 amide bonds. The third kappa shape index (κ3) is 5.08. The molecule has 0 aliphatic heterocycles. The molecule has 2 aliphatic carbocycles. The van der Waals surface area contributed by atoms with Gasteiger partial charge in [0.1, 0.15) is 0 Å². The van der Waals surface area contributed by atoms with Crippen LogP contribution in [0.25, 0.3) is 65.2 Å². The predicted molar refractivity (Wildman–Crippen MR) is 234 cm³/mol. The first-order valence-corrected chi connectivity index (χ1v) is 20.1. The summed E-state index contributed by atoms with van der Waals surface area (Å²) >= 11 is 1.85. The fraction of sp³-hybridized carbons (Fsp3) is 0.0566. The Labute approximate surface area is 330 Å². The maximum Gasteiger partial charge on any atom is 0.160 e. The number of allylic oxidation sites excluding steroid dienone is 4. The smallest absolute Gasteiger partial charge is 0.160 e. The zero-order valence-electron chi connectivity index (χ0n) is 30.6. The van der Waals surface area contributed by atoms with Gasteiger partial charge < -0.3 is 0 Å². The van der Waals surface area contributed by atoms with Crippen LogP contribution in [0.3, 0.4) is 0 Å². The lowest BCUT2D eigenvalue weighted by Gasteiger charge is -2.39. The molecule has 2 aliphatic rings. The van der Waals surface area contributed by atoms with Gasteiger partial charge in [-0.2, -0.15) is 0 Å². The molecule has 0 saturated heterocycles. The van der Waals surface area contributed by atoms with Crippen LogP contribution in [0.4, 0.5) is 0 Å². The Balaban J connectivity index is 1.15. The average Bonchev–Trinajstić information content (AvgIpc) is 3.81. The van der Waals surface area contributed by atoms with Crippen molar-refractivity contribution in [2.75, 3.05) is 0 Å². The number of rotatable bonds is 6. The summed E-state index contributed by atoms with van der Waals surface area (Å²) in [6.07, 6.45) is 9.26. The standard InChI is InChI=1S/C53H36N2S/c1-4-17-35(18-5-1)52-54-47(34-48(55-52)42-25-11-10-23-39(42)43-27-16-30-50-51(43)44-26-13-15-29-49(44)56-50)36-31-32-41-40-24-12-14-28-45(40)53(46(41)33-36,37-19-6-2-7-20-37)38-21-8-3-9-22-38/h1-34,40,45H. The summed E-state index contributed by atoms with van der Waals surface area (Å²) in [6.45, 7) is 0. The normalized spacial score (nSPS) is 16.6. The van der Waals surface area contributed by atoms with Crippen molar-refractivity contribution < 1.29 is 0 Å². The summed E-state index contributed by atoms with van der Waals surface area (Å²) in [5.41, 5.74) is 12.3. The van der Waals surface area contributed by atoms with Gasteiger partial charge in [-0.05, 0) is 57.6 Å². The maximum atomic E-state index is 5.36. The van der Waals surface area contributed by atoms with Crippen molar-refractivity contribution in [3.8, 4) is 45.0 Å². The molecule has 2 nitrogen and oxygen atoms in total. The van der Waals surface area contributed by atoms with E-state index in [-0.39, 0.29) is 17.3 Å². The highest BCUT2D eigenvalue weighted by molar-refractivity contribution is 7.25. The van der Waals surface area contributed by atoms with Crippen LogP contribution in [0.5, 0.6) is 0 Å². The molecule has 0 spiro atoms. The van der Waals surface area contributed by atoms with E-state index in [1.807, 2.05) is 17.4 Å². The van der Waals surface area contributed by atoms with E-state index in [0.29, 0.717) is 5.82 Å². The summed E-state index contributed by atoms with van der Waals surface area (Å²) < 4.78 is 2.59. The molecule has 11 rings (SSSR count). The maximum absolute atomic E-state index is 5.36. The Bertz CT molecular complexity index is 2940. The summed E-state index contributed by atoms with van der Waals surface area (Å²) in [5.74, 6) is 1.20. The van der Waals surface area contributed by atoms with Crippen molar-refractivity contribution in [2.24, 2.45) is 5.92 Å². The van der Waals surface area contributed by atoms with Gasteiger partial charge in [-0.25, -0.2) is 9.97 Å². The van der Waals surface area contributed by atoms with Gasteiger partial charge in [-0.15, -0.1) is 11.3 Å². The van der Waals surface area contributed by atoms with E-state index in [2.05, 4.69) is 200 Å². The van der Waals surface area contributed by atoms with Gasteiger partial charge in [0.25, 0.3) is 0 Å². The molecule has 2 atom stereocenters. The fourth-order valence-corrected chi connectivity index (χ4v) is 10.6. The van der Waals surface area contributed by atoms with E-state index in [4.69, 9.17) is 9.97 Å². The molecular formula is C53H36N2S. The van der Waals surface area contributed by atoms with Crippen molar-refractivity contribution in [1.82, 2.24) is 9.97 Å². The van der Waals surface area contributed by atoms with E-state index in [1.165, 1.54) is 48.0 Å². The molecule has 2 aromatic heterocycles. The first-order chi connectivity index (χ1) is 27.8. The van der Waals surface area contributed by atoms with Crippen molar-refractivity contribution in [3.63, 3.8) is 0 Å². The Morgan fingerprint density at radius 1 is 0.464 bits per heavy atom. The van der Waals surface area contributed by atoms with Crippen LogP contribution in [0.2, 0.25) is 0 Å². The van der Waals surface area contributed by atoms with E-state index >= 15 is 0 Å². The molecule has 0 radical (unpaired) electrons. The topological polar surface area (TPSA) is 25.8 Å². The second-order valence-electron chi connectivity index (χ2n) is 14.8. The summed E-state index contributed by atoms with van der Waals surface area (Å²) in [6, 6.07) is 66.0. The summed E-state index contributed by atoms with van der Waals surface area (Å²) in [5, 5.41) is 2.58. The first-order valence-electron chi connectivity index (χ1n) is 19.3. The Kier molecular flexibility index (Phi) is 7.75. The largest absolute Gasteiger partial charge is 0.228 e. The Morgan fingerprint density at radius 2 is 1.09 bits per heavy atom. The molecule has 264 valence electrons. The molecule has 2 unspecified atom stereocenters. The van der Waals surface area contributed by atoms with E-state index in [1.54, 1.807) is 0 Å². The van der Waals surface area contributed by atoms with Gasteiger partial charge >= 0.3 is 0 Å². The molecule has 7 aromatic carbocycles. The van der Waals surface area contributed by atoms with Gasteiger partial charge in [0.2, 0.25) is 0 Å². The van der Waals surface area contributed by atoms with Crippen LogP contribution in [0.1, 0.15) is 28.2 Å². The number of thiophene rings is 1. The number of aromatic nitrogens is 2. The van der Waals surface area contributed by atoms with E-state index < -0.39 is 0 Å². The lowest BCUT2D eigenvalue weighted by molar-refractivity contribution is 0.457. The minimum absolute atomic E-state index is 0.228. The highest BCUT2D eigenvalue weighted by Crippen LogP contribution is 2.60. The zero-order valence-corrected chi connectivity index (χ0v) is 31.4. The van der Waals surface area contributed by atoms with E-state index in [9.17, 15) is 0 Å². The molecule has 56 heavy (non-hydrogen) atoms. The van der Waals surface area contributed by atoms with Crippen LogP contribution in [-0.2, 0) is 5.41 Å². The minimum Gasteiger partial charge on any atom is -0.228 e. The molecule has 2 heterocycles. The first kappa shape index (κ1) is 32.7. The SMILES string of the molecule is C1=CC2c3ccc(-c4cc(-c5ccccc5-c5cccc6sc7ccccc7c56)nc(-c5ccccc5)n4)cc3C(c3ccccc3)(c3ccccc3)C2C=C1. The van der Waals surface area contributed by atoms with Crippen LogP contribution >= 0.6 is 11.3 Å². The number of fused-ring (bicyclic) bond motifs is 6. The van der Waals surface area contributed by atoms with Gasteiger partial charge in [0, 0.05) is 48.7 Å². The van der Waals surface area contributed by atoms with Crippen molar-refractivity contribution in [2.45, 2.75) is 11.3 Å². The van der Waals surface area contributed by atoms with Crippen LogP contribution in [0, 0.1) is 5.92 Å². The quantitative estimate of drug-likeness (QED) is 0.170. The number of hydrogen-bond acceptors (Lipinski definition) is 3. The predicted octanol–water partition coefficient (Wildman–Crippen LogP) is 13.7. The highest BCUT2D eigenvalue weighted by Gasteiger charge is 2.52. The molecule has 9 aromatic rings. The van der Waals surface area contributed by atoms with Crippen LogP contribution < -0.4 is 0 Å². The van der Waals surface area contributed by atoms with Crippen molar-refractivity contribution in [1.29, 1.82) is 0 Å². The third-order valence-corrected chi connectivity index (χ3v) is 13.0. The van der Waals surface area contributed by atoms with Gasteiger partial charge in [-0.3, -0.25) is 0 Å². The lowest BCUT2D eigenvalue weighted by atomic mass is 9.63. The van der Waals surface area contributed by atoms with Crippen LogP contribution in [-0.4, -0.2) is 9.97 Å². The second-order valence-corrected chi connectivity index (χ2v) is 15.9. The fourth-order valence-electron chi connectivity index (χ4n) is 9.50. The zero-order chi connectivity index (χ0) is 37.1. The Hall–Kier alpha value is -6.68. The van der Waals surface area contributed by atoms with Crippen molar-refractivity contribution in [3.05, 3.63) is 229 Å². The molecule has 0 bridgehead atoms. The highest BCUT2D eigenvalue weighted by atomic mass is 32.1. The Morgan fingerprint density at radius 3 is 1.88 bits per heavy atom. The molecule has 0 N–H and O–H groups in total. The average molecular weight is 733 g/mol.